The van der Waals surface area contributed by atoms with Crippen molar-refractivity contribution in [2.24, 2.45) is 7.05 Å². The van der Waals surface area contributed by atoms with Crippen molar-refractivity contribution in [3.8, 4) is 0 Å². The van der Waals surface area contributed by atoms with Crippen LogP contribution >= 0.6 is 15.9 Å². The molecule has 5 heteroatoms. The van der Waals surface area contributed by atoms with Crippen LogP contribution in [0.2, 0.25) is 0 Å². The number of nitrogens with one attached hydrogen (secondary N) is 1. The fourth-order valence-corrected chi connectivity index (χ4v) is 2.25. The predicted octanol–water partition coefficient (Wildman–Crippen LogP) is 0.616. The molecule has 1 aromatic rings. The number of hydrogen-bond acceptors (Lipinski definition) is 3. The molecule has 0 saturated carbocycles. The van der Waals surface area contributed by atoms with E-state index in [4.69, 9.17) is 0 Å². The molecule has 0 aromatic carbocycles. The van der Waals surface area contributed by atoms with Crippen molar-refractivity contribution < 1.29 is 5.11 Å². The van der Waals surface area contributed by atoms with E-state index in [1.807, 2.05) is 19.3 Å². The Hall–Kier alpha value is -0.650. The molecule has 82 valence electrons. The molecular formula is C10H14BrN3O. The number of aliphatic hydroxyl groups excluding tert-OH is 1. The first-order valence-electron chi connectivity index (χ1n) is 4.91. The predicted molar refractivity (Wildman–Crippen MR) is 61.6 cm³/mol. The molecule has 0 aliphatic carbocycles. The zero-order valence-electron chi connectivity index (χ0n) is 8.57. The second-order valence-electron chi connectivity index (χ2n) is 3.80. The summed E-state index contributed by atoms with van der Waals surface area (Å²) >= 11 is 3.47. The minimum atomic E-state index is -0.365. The quantitative estimate of drug-likeness (QED) is 0.776. The molecule has 2 heterocycles. The fraction of sp³-hybridized carbons (Fsp3) is 0.500. The number of rotatable bonds is 2. The van der Waals surface area contributed by atoms with Crippen LogP contribution in [0.15, 0.2) is 22.3 Å². The molecule has 0 fully saturated rings. The van der Waals surface area contributed by atoms with Gasteiger partial charge in [0.15, 0.2) is 0 Å². The fourth-order valence-electron chi connectivity index (χ4n) is 1.73. The Bertz CT molecular complexity index is 386. The van der Waals surface area contributed by atoms with Crippen molar-refractivity contribution in [1.29, 1.82) is 0 Å². The molecule has 4 nitrogen and oxygen atoms in total. The molecule has 1 unspecified atom stereocenters. The molecule has 0 spiro atoms. The van der Waals surface area contributed by atoms with E-state index in [0.717, 1.165) is 23.1 Å². The second-order valence-corrected chi connectivity index (χ2v) is 4.65. The first-order valence-corrected chi connectivity index (χ1v) is 5.71. The maximum Gasteiger partial charge on any atom is 0.0848 e. The molecule has 1 aliphatic heterocycles. The summed E-state index contributed by atoms with van der Waals surface area (Å²) in [4.78, 5) is 0. The lowest BCUT2D eigenvalue weighted by atomic mass is 10.1. The smallest absolute Gasteiger partial charge is 0.0848 e. The molecule has 2 N–H and O–H groups in total. The van der Waals surface area contributed by atoms with E-state index >= 15 is 0 Å². The van der Waals surface area contributed by atoms with Gasteiger partial charge in [-0.15, -0.1) is 0 Å². The Morgan fingerprint density at radius 2 is 2.53 bits per heavy atom. The standard InChI is InChI=1S/C10H14BrN3O/c1-14-6-9(11)10(13-14)3-7-2-8(15)5-12-4-7/h2,6,8,12,15H,3-5H2,1H3. The second kappa shape index (κ2) is 4.47. The zero-order chi connectivity index (χ0) is 10.8. The van der Waals surface area contributed by atoms with E-state index in [0.29, 0.717) is 6.54 Å². The Morgan fingerprint density at radius 1 is 1.73 bits per heavy atom. The van der Waals surface area contributed by atoms with Gasteiger partial charge in [0.25, 0.3) is 0 Å². The van der Waals surface area contributed by atoms with Crippen LogP contribution in [0.25, 0.3) is 0 Å². The molecule has 15 heavy (non-hydrogen) atoms. The van der Waals surface area contributed by atoms with Crippen LogP contribution in [0.4, 0.5) is 0 Å². The minimum absolute atomic E-state index is 0.365. The maximum atomic E-state index is 9.46. The Balaban J connectivity index is 2.11. The van der Waals surface area contributed by atoms with E-state index in [9.17, 15) is 5.11 Å². The van der Waals surface area contributed by atoms with Crippen LogP contribution in [0, 0.1) is 0 Å². The summed E-state index contributed by atoms with van der Waals surface area (Å²) in [5.41, 5.74) is 2.20. The molecule has 0 amide bonds. The summed E-state index contributed by atoms with van der Waals surface area (Å²) in [5, 5.41) is 17.0. The number of hydrogen-bond donors (Lipinski definition) is 2. The van der Waals surface area contributed by atoms with E-state index < -0.39 is 0 Å². The van der Waals surface area contributed by atoms with Crippen LogP contribution in [0.1, 0.15) is 5.69 Å². The molecular weight excluding hydrogens is 258 g/mol. The molecule has 1 aliphatic rings. The van der Waals surface area contributed by atoms with Crippen molar-refractivity contribution in [3.05, 3.63) is 28.0 Å². The number of β-amino-alcohol motifs (C(OH)–C–C–N with tert-alkyl or cyclic N) is 1. The minimum Gasteiger partial charge on any atom is -0.388 e. The van der Waals surface area contributed by atoms with Crippen molar-refractivity contribution in [1.82, 2.24) is 15.1 Å². The SMILES string of the molecule is Cn1cc(Br)c(CC2=CC(O)CNC2)n1. The van der Waals surface area contributed by atoms with Crippen molar-refractivity contribution >= 4 is 15.9 Å². The third-order valence-corrected chi connectivity index (χ3v) is 3.04. The van der Waals surface area contributed by atoms with Gasteiger partial charge in [-0.05, 0) is 15.9 Å². The first kappa shape index (κ1) is 10.9. The molecule has 1 aromatic heterocycles. The summed E-state index contributed by atoms with van der Waals surface area (Å²) in [7, 11) is 1.90. The van der Waals surface area contributed by atoms with Crippen LogP contribution < -0.4 is 5.32 Å². The highest BCUT2D eigenvalue weighted by atomic mass is 79.9. The molecule has 2 rings (SSSR count). The van der Waals surface area contributed by atoms with Gasteiger partial charge >= 0.3 is 0 Å². The Morgan fingerprint density at radius 3 is 3.13 bits per heavy atom. The van der Waals surface area contributed by atoms with Gasteiger partial charge in [-0.2, -0.15) is 5.10 Å². The lowest BCUT2D eigenvalue weighted by Gasteiger charge is -2.17. The highest BCUT2D eigenvalue weighted by Crippen LogP contribution is 2.18. The number of aryl methyl sites for hydroxylation is 1. The normalized spacial score (nSPS) is 21.5. The molecule has 0 radical (unpaired) electrons. The average molecular weight is 272 g/mol. The number of nitrogens with zero attached hydrogens (tertiary/aromatic N) is 2. The molecule has 1 atom stereocenters. The first-order chi connectivity index (χ1) is 7.15. The van der Waals surface area contributed by atoms with Gasteiger partial charge < -0.3 is 10.4 Å². The van der Waals surface area contributed by atoms with Gasteiger partial charge in [-0.25, -0.2) is 0 Å². The van der Waals surface area contributed by atoms with Crippen molar-refractivity contribution in [3.63, 3.8) is 0 Å². The van der Waals surface area contributed by atoms with Gasteiger partial charge in [-0.1, -0.05) is 11.6 Å². The topological polar surface area (TPSA) is 50.1 Å². The third-order valence-electron chi connectivity index (χ3n) is 2.38. The van der Waals surface area contributed by atoms with Crippen molar-refractivity contribution in [2.45, 2.75) is 12.5 Å². The van der Waals surface area contributed by atoms with Gasteiger partial charge in [0.2, 0.25) is 0 Å². The summed E-state index contributed by atoms with van der Waals surface area (Å²) in [5.74, 6) is 0. The summed E-state index contributed by atoms with van der Waals surface area (Å²) in [6.45, 7) is 1.48. The summed E-state index contributed by atoms with van der Waals surface area (Å²) < 4.78 is 2.80. The van der Waals surface area contributed by atoms with Crippen LogP contribution in [0.5, 0.6) is 0 Å². The zero-order valence-corrected chi connectivity index (χ0v) is 10.2. The summed E-state index contributed by atoms with van der Waals surface area (Å²) in [6, 6.07) is 0. The van der Waals surface area contributed by atoms with Gasteiger partial charge in [0.1, 0.15) is 0 Å². The van der Waals surface area contributed by atoms with Crippen LogP contribution in [-0.4, -0.2) is 34.1 Å². The maximum absolute atomic E-state index is 9.46. The highest BCUT2D eigenvalue weighted by Gasteiger charge is 2.13. The monoisotopic (exact) mass is 271 g/mol. The third kappa shape index (κ3) is 2.68. The van der Waals surface area contributed by atoms with Gasteiger partial charge in [-0.3, -0.25) is 4.68 Å². The lowest BCUT2D eigenvalue weighted by Crippen LogP contribution is -2.32. The van der Waals surface area contributed by atoms with Gasteiger partial charge in [0, 0.05) is 32.8 Å². The van der Waals surface area contributed by atoms with E-state index in [1.54, 1.807) is 4.68 Å². The van der Waals surface area contributed by atoms with Crippen molar-refractivity contribution in [2.75, 3.05) is 13.1 Å². The number of aliphatic hydroxyl groups is 1. The summed E-state index contributed by atoms with van der Waals surface area (Å²) in [6.07, 6.45) is 4.27. The number of halogens is 1. The highest BCUT2D eigenvalue weighted by molar-refractivity contribution is 9.10. The average Bonchev–Trinajstić information content (AvgIpc) is 2.45. The largest absolute Gasteiger partial charge is 0.388 e. The van der Waals surface area contributed by atoms with Crippen LogP contribution in [-0.2, 0) is 13.5 Å². The van der Waals surface area contributed by atoms with E-state index in [-0.39, 0.29) is 6.10 Å². The van der Waals surface area contributed by atoms with Crippen LogP contribution in [0.3, 0.4) is 0 Å². The lowest BCUT2D eigenvalue weighted by molar-refractivity contribution is 0.212. The van der Waals surface area contributed by atoms with E-state index in [1.165, 1.54) is 5.57 Å². The molecule has 0 saturated heterocycles. The molecule has 0 bridgehead atoms. The van der Waals surface area contributed by atoms with Gasteiger partial charge in [0.05, 0.1) is 16.3 Å². The Kier molecular flexibility index (Phi) is 3.23. The Labute approximate surface area is 97.1 Å². The number of aromatic nitrogens is 2. The van der Waals surface area contributed by atoms with E-state index in [2.05, 4.69) is 26.3 Å².